The number of hydrogen-bond acceptors (Lipinski definition) is 1. The summed E-state index contributed by atoms with van der Waals surface area (Å²) in [5, 5.41) is 1.60. The van der Waals surface area contributed by atoms with Gasteiger partial charge in [0.2, 0.25) is 5.91 Å². The van der Waals surface area contributed by atoms with Gasteiger partial charge in [-0.25, -0.2) is 0 Å². The molecule has 0 fully saturated rings. The molecule has 2 rings (SSSR count). The Balaban J connectivity index is 2.69. The minimum atomic E-state index is -0.482. The average Bonchev–Trinajstić information content (AvgIpc) is 2.50. The van der Waals surface area contributed by atoms with Crippen LogP contribution < -0.4 is 5.73 Å². The van der Waals surface area contributed by atoms with E-state index in [4.69, 9.17) is 17.3 Å². The zero-order chi connectivity index (χ0) is 11.7. The average molecular weight is 235 g/mol. The second-order valence-electron chi connectivity index (χ2n) is 3.52. The van der Waals surface area contributed by atoms with Crippen molar-refractivity contribution >= 4 is 34.5 Å². The predicted octanol–water partition coefficient (Wildman–Crippen LogP) is 2.33. The number of rotatable bonds is 2. The number of aryl methyl sites for hydroxylation is 1. The number of fused-ring (bicyclic) bond motifs is 1. The SMILES string of the molecule is Cn1c(Cl)c(/C=C\C(N)=O)c2ccccc21. The minimum absolute atomic E-state index is 0.482. The molecule has 1 aromatic carbocycles. The number of halogens is 1. The van der Waals surface area contributed by atoms with Gasteiger partial charge < -0.3 is 10.3 Å². The van der Waals surface area contributed by atoms with Gasteiger partial charge in [-0.05, 0) is 12.1 Å². The number of amides is 1. The van der Waals surface area contributed by atoms with Crippen molar-refractivity contribution in [3.63, 3.8) is 0 Å². The number of nitrogens with two attached hydrogens (primary N) is 1. The molecule has 0 saturated carbocycles. The Labute approximate surface area is 98.1 Å². The number of aromatic nitrogens is 1. The fourth-order valence-corrected chi connectivity index (χ4v) is 1.97. The third kappa shape index (κ3) is 1.70. The summed E-state index contributed by atoms with van der Waals surface area (Å²) in [7, 11) is 1.88. The molecule has 16 heavy (non-hydrogen) atoms. The van der Waals surface area contributed by atoms with E-state index in [9.17, 15) is 4.79 Å². The van der Waals surface area contributed by atoms with Gasteiger partial charge in [0.15, 0.2) is 0 Å². The van der Waals surface area contributed by atoms with Gasteiger partial charge in [0.1, 0.15) is 5.15 Å². The molecule has 0 bridgehead atoms. The Hall–Kier alpha value is -1.74. The van der Waals surface area contributed by atoms with Crippen LogP contribution in [0.5, 0.6) is 0 Å². The van der Waals surface area contributed by atoms with Crippen molar-refractivity contribution in [1.29, 1.82) is 0 Å². The van der Waals surface area contributed by atoms with Crippen molar-refractivity contribution < 1.29 is 4.79 Å². The molecule has 2 N–H and O–H groups in total. The molecule has 0 saturated heterocycles. The first-order valence-electron chi connectivity index (χ1n) is 4.81. The largest absolute Gasteiger partial charge is 0.366 e. The quantitative estimate of drug-likeness (QED) is 0.797. The second kappa shape index (κ2) is 4.02. The van der Waals surface area contributed by atoms with Gasteiger partial charge >= 0.3 is 0 Å². The summed E-state index contributed by atoms with van der Waals surface area (Å²) in [6, 6.07) is 7.81. The number of carbonyl (C=O) groups is 1. The molecule has 0 aliphatic rings. The lowest BCUT2D eigenvalue weighted by Crippen LogP contribution is -2.05. The van der Waals surface area contributed by atoms with Crippen molar-refractivity contribution in [3.05, 3.63) is 41.1 Å². The lowest BCUT2D eigenvalue weighted by Gasteiger charge is -1.95. The van der Waals surface area contributed by atoms with Gasteiger partial charge in [0.05, 0.1) is 0 Å². The number of benzene rings is 1. The summed E-state index contributed by atoms with van der Waals surface area (Å²) in [5.74, 6) is -0.482. The molecule has 0 radical (unpaired) electrons. The second-order valence-corrected chi connectivity index (χ2v) is 3.87. The first kappa shape index (κ1) is 10.8. The van der Waals surface area contributed by atoms with Crippen molar-refractivity contribution in [1.82, 2.24) is 4.57 Å². The fraction of sp³-hybridized carbons (Fsp3) is 0.0833. The highest BCUT2D eigenvalue weighted by Gasteiger charge is 2.10. The molecule has 3 nitrogen and oxygen atoms in total. The summed E-state index contributed by atoms with van der Waals surface area (Å²) in [6.45, 7) is 0. The summed E-state index contributed by atoms with van der Waals surface area (Å²) >= 11 is 6.18. The molecule has 0 spiro atoms. The Bertz CT molecular complexity index is 584. The third-order valence-electron chi connectivity index (χ3n) is 2.49. The molecular formula is C12H11ClN2O. The lowest BCUT2D eigenvalue weighted by atomic mass is 10.1. The standard InChI is InChI=1S/C12H11ClN2O/c1-15-10-5-3-2-4-8(10)9(12(15)13)6-7-11(14)16/h2-7H,1H3,(H2,14,16)/b7-6-. The fourth-order valence-electron chi connectivity index (χ4n) is 1.72. The van der Waals surface area contributed by atoms with Crippen molar-refractivity contribution in [3.8, 4) is 0 Å². The third-order valence-corrected chi connectivity index (χ3v) is 2.94. The van der Waals surface area contributed by atoms with Gasteiger partial charge in [-0.3, -0.25) is 4.79 Å². The van der Waals surface area contributed by atoms with Crippen LogP contribution in [-0.2, 0) is 11.8 Å². The number of hydrogen-bond donors (Lipinski definition) is 1. The summed E-state index contributed by atoms with van der Waals surface area (Å²) in [4.78, 5) is 10.7. The van der Waals surface area contributed by atoms with Crippen LogP contribution in [0.1, 0.15) is 5.56 Å². The zero-order valence-corrected chi connectivity index (χ0v) is 9.53. The van der Waals surface area contributed by atoms with Crippen molar-refractivity contribution in [2.45, 2.75) is 0 Å². The van der Waals surface area contributed by atoms with Gasteiger partial charge in [-0.1, -0.05) is 29.8 Å². The van der Waals surface area contributed by atoms with Crippen molar-refractivity contribution in [2.75, 3.05) is 0 Å². The predicted molar refractivity (Wildman–Crippen MR) is 66.2 cm³/mol. The Morgan fingerprint density at radius 1 is 1.44 bits per heavy atom. The van der Waals surface area contributed by atoms with E-state index in [0.717, 1.165) is 16.5 Å². The maximum atomic E-state index is 10.7. The van der Waals surface area contributed by atoms with E-state index >= 15 is 0 Å². The van der Waals surface area contributed by atoms with E-state index in [1.807, 2.05) is 35.9 Å². The summed E-state index contributed by atoms with van der Waals surface area (Å²) in [6.07, 6.45) is 2.96. The van der Waals surface area contributed by atoms with E-state index in [1.54, 1.807) is 6.08 Å². The Morgan fingerprint density at radius 3 is 2.81 bits per heavy atom. The van der Waals surface area contributed by atoms with Crippen LogP contribution in [0.3, 0.4) is 0 Å². The Kier molecular flexibility index (Phi) is 2.71. The molecular weight excluding hydrogens is 224 g/mol. The van der Waals surface area contributed by atoms with Crippen LogP contribution in [0.4, 0.5) is 0 Å². The molecule has 2 aromatic rings. The van der Waals surface area contributed by atoms with Crippen molar-refractivity contribution in [2.24, 2.45) is 12.8 Å². The van der Waals surface area contributed by atoms with Crippen LogP contribution in [0, 0.1) is 0 Å². The molecule has 82 valence electrons. The summed E-state index contributed by atoms with van der Waals surface area (Å²) in [5.41, 5.74) is 6.91. The Morgan fingerprint density at radius 2 is 2.12 bits per heavy atom. The highest BCUT2D eigenvalue weighted by atomic mass is 35.5. The normalized spacial score (nSPS) is 11.4. The molecule has 1 amide bonds. The molecule has 1 heterocycles. The van der Waals surface area contributed by atoms with Gasteiger partial charge in [0.25, 0.3) is 0 Å². The highest BCUT2D eigenvalue weighted by Crippen LogP contribution is 2.29. The molecule has 0 atom stereocenters. The number of nitrogens with zero attached hydrogens (tertiary/aromatic N) is 1. The van der Waals surface area contributed by atoms with Gasteiger partial charge in [-0.2, -0.15) is 0 Å². The monoisotopic (exact) mass is 234 g/mol. The van der Waals surface area contributed by atoms with Gasteiger partial charge in [-0.15, -0.1) is 0 Å². The maximum absolute atomic E-state index is 10.7. The zero-order valence-electron chi connectivity index (χ0n) is 8.77. The molecule has 4 heteroatoms. The first-order chi connectivity index (χ1) is 7.61. The van der Waals surface area contributed by atoms with Crippen LogP contribution in [-0.4, -0.2) is 10.5 Å². The smallest absolute Gasteiger partial charge is 0.241 e. The van der Waals surface area contributed by atoms with E-state index < -0.39 is 5.91 Å². The topological polar surface area (TPSA) is 48.0 Å². The molecule has 0 aliphatic heterocycles. The van der Waals surface area contributed by atoms with Crippen LogP contribution in [0.2, 0.25) is 5.15 Å². The first-order valence-corrected chi connectivity index (χ1v) is 5.19. The van der Waals surface area contributed by atoms with E-state index in [-0.39, 0.29) is 0 Å². The van der Waals surface area contributed by atoms with Crippen LogP contribution in [0.25, 0.3) is 17.0 Å². The minimum Gasteiger partial charge on any atom is -0.366 e. The van der Waals surface area contributed by atoms with Crippen LogP contribution >= 0.6 is 11.6 Å². The highest BCUT2D eigenvalue weighted by molar-refractivity contribution is 6.33. The maximum Gasteiger partial charge on any atom is 0.241 e. The number of para-hydroxylation sites is 1. The number of carbonyl (C=O) groups excluding carboxylic acids is 1. The van der Waals surface area contributed by atoms with Crippen LogP contribution in [0.15, 0.2) is 30.3 Å². The van der Waals surface area contributed by atoms with E-state index in [2.05, 4.69) is 0 Å². The number of primary amides is 1. The van der Waals surface area contributed by atoms with E-state index in [0.29, 0.717) is 5.15 Å². The molecule has 0 aliphatic carbocycles. The molecule has 0 unspecified atom stereocenters. The summed E-state index contributed by atoms with van der Waals surface area (Å²) < 4.78 is 1.87. The molecule has 1 aromatic heterocycles. The van der Waals surface area contributed by atoms with E-state index in [1.165, 1.54) is 6.08 Å². The lowest BCUT2D eigenvalue weighted by molar-refractivity contribution is -0.113. The van der Waals surface area contributed by atoms with Gasteiger partial charge in [0, 0.05) is 29.6 Å².